The first kappa shape index (κ1) is 17.3. The van der Waals surface area contributed by atoms with Crippen LogP contribution in [0.3, 0.4) is 0 Å². The molecule has 2 rings (SSSR count). The summed E-state index contributed by atoms with van der Waals surface area (Å²) in [7, 11) is 0. The first-order valence-electron chi connectivity index (χ1n) is 8.11. The van der Waals surface area contributed by atoms with Gasteiger partial charge in [0.2, 0.25) is 11.8 Å². The van der Waals surface area contributed by atoms with E-state index in [-0.39, 0.29) is 17.7 Å². The highest BCUT2D eigenvalue weighted by Crippen LogP contribution is 2.28. The van der Waals surface area contributed by atoms with E-state index >= 15 is 0 Å². The zero-order valence-corrected chi connectivity index (χ0v) is 13.5. The maximum atomic E-state index is 12.5. The van der Waals surface area contributed by atoms with Crippen molar-refractivity contribution in [2.24, 2.45) is 11.7 Å². The van der Waals surface area contributed by atoms with Crippen molar-refractivity contribution in [3.05, 3.63) is 24.3 Å². The molecule has 1 aliphatic carbocycles. The van der Waals surface area contributed by atoms with Crippen LogP contribution in [0.25, 0.3) is 0 Å². The van der Waals surface area contributed by atoms with Crippen LogP contribution in [-0.4, -0.2) is 31.0 Å². The minimum absolute atomic E-state index is 0.164. The van der Waals surface area contributed by atoms with Crippen molar-refractivity contribution in [1.82, 2.24) is 5.32 Å². The van der Waals surface area contributed by atoms with E-state index in [1.165, 1.54) is 6.92 Å². The number of benzene rings is 1. The molecule has 0 saturated heterocycles. The third-order valence-corrected chi connectivity index (χ3v) is 4.02. The number of anilines is 1. The number of hydrogen-bond acceptors (Lipinski definition) is 4. The van der Waals surface area contributed by atoms with Gasteiger partial charge in [0, 0.05) is 19.2 Å². The number of ether oxygens (including phenoxy) is 1. The predicted molar refractivity (Wildman–Crippen MR) is 89.2 cm³/mol. The fourth-order valence-corrected chi connectivity index (χ4v) is 2.94. The molecule has 4 N–H and O–H groups in total. The van der Waals surface area contributed by atoms with E-state index in [9.17, 15) is 9.59 Å². The fourth-order valence-electron chi connectivity index (χ4n) is 2.94. The summed E-state index contributed by atoms with van der Waals surface area (Å²) in [5, 5.41) is 5.67. The third kappa shape index (κ3) is 5.25. The summed E-state index contributed by atoms with van der Waals surface area (Å²) in [5.74, 6) is 0.582. The smallest absolute Gasteiger partial charge is 0.247 e. The Morgan fingerprint density at radius 3 is 2.48 bits per heavy atom. The lowest BCUT2D eigenvalue weighted by Crippen LogP contribution is -2.47. The molecule has 0 heterocycles. The molecule has 0 radical (unpaired) electrons. The van der Waals surface area contributed by atoms with Crippen molar-refractivity contribution >= 4 is 17.5 Å². The minimum atomic E-state index is -0.469. The molecular weight excluding hydrogens is 294 g/mol. The van der Waals surface area contributed by atoms with Crippen molar-refractivity contribution < 1.29 is 14.3 Å². The summed E-state index contributed by atoms with van der Waals surface area (Å²) in [4.78, 5) is 23.9. The normalized spacial score (nSPS) is 15.9. The second-order valence-electron chi connectivity index (χ2n) is 5.87. The lowest BCUT2D eigenvalue weighted by Gasteiger charge is -2.23. The van der Waals surface area contributed by atoms with Gasteiger partial charge in [-0.3, -0.25) is 9.59 Å². The van der Waals surface area contributed by atoms with Crippen LogP contribution in [0.4, 0.5) is 5.69 Å². The Balaban J connectivity index is 1.98. The molecule has 126 valence electrons. The lowest BCUT2D eigenvalue weighted by molar-refractivity contribution is -0.126. The topological polar surface area (TPSA) is 93.5 Å². The van der Waals surface area contributed by atoms with E-state index in [4.69, 9.17) is 10.5 Å². The highest BCUT2D eigenvalue weighted by atomic mass is 16.5. The van der Waals surface area contributed by atoms with Gasteiger partial charge in [0.15, 0.2) is 0 Å². The Labute approximate surface area is 136 Å². The number of amides is 2. The Hall–Kier alpha value is -2.08. The van der Waals surface area contributed by atoms with E-state index in [1.807, 2.05) is 0 Å². The Morgan fingerprint density at radius 1 is 1.26 bits per heavy atom. The number of nitrogens with one attached hydrogen (secondary N) is 2. The van der Waals surface area contributed by atoms with Gasteiger partial charge >= 0.3 is 0 Å². The molecule has 1 saturated carbocycles. The average molecular weight is 319 g/mol. The maximum absolute atomic E-state index is 12.5. The molecule has 1 atom stereocenters. The molecule has 1 fully saturated rings. The number of carbonyl (C=O) groups excluding carboxylic acids is 2. The first-order valence-corrected chi connectivity index (χ1v) is 8.11. The molecule has 6 nitrogen and oxygen atoms in total. The Kier molecular flexibility index (Phi) is 6.40. The molecule has 1 unspecified atom stereocenters. The molecule has 0 bridgehead atoms. The molecule has 1 aromatic rings. The first-order chi connectivity index (χ1) is 11.1. The summed E-state index contributed by atoms with van der Waals surface area (Å²) in [6, 6.07) is 6.66. The van der Waals surface area contributed by atoms with Gasteiger partial charge in [-0.25, -0.2) is 0 Å². The Bertz CT molecular complexity index is 524. The van der Waals surface area contributed by atoms with E-state index in [0.29, 0.717) is 24.6 Å². The average Bonchev–Trinajstić information content (AvgIpc) is 3.05. The van der Waals surface area contributed by atoms with Gasteiger partial charge in [0.05, 0.1) is 0 Å². The fraction of sp³-hybridized carbons (Fsp3) is 0.529. The maximum Gasteiger partial charge on any atom is 0.247 e. The number of hydrogen-bond donors (Lipinski definition) is 3. The van der Waals surface area contributed by atoms with Gasteiger partial charge in [-0.1, -0.05) is 12.8 Å². The van der Waals surface area contributed by atoms with Gasteiger partial charge < -0.3 is 21.1 Å². The number of nitrogens with two attached hydrogens (primary N) is 1. The van der Waals surface area contributed by atoms with Gasteiger partial charge in [-0.05, 0) is 43.0 Å². The second kappa shape index (κ2) is 8.53. The summed E-state index contributed by atoms with van der Waals surface area (Å²) >= 11 is 0. The van der Waals surface area contributed by atoms with Gasteiger partial charge in [-0.2, -0.15) is 0 Å². The zero-order chi connectivity index (χ0) is 16.7. The highest BCUT2D eigenvalue weighted by Gasteiger charge is 2.31. The third-order valence-electron chi connectivity index (χ3n) is 4.02. The monoisotopic (exact) mass is 319 g/mol. The molecule has 6 heteroatoms. The van der Waals surface area contributed by atoms with E-state index < -0.39 is 6.04 Å². The molecule has 1 aromatic carbocycles. The van der Waals surface area contributed by atoms with E-state index in [1.54, 1.807) is 24.3 Å². The number of carbonyl (C=O) groups is 2. The van der Waals surface area contributed by atoms with Gasteiger partial charge in [-0.15, -0.1) is 0 Å². The lowest BCUT2D eigenvalue weighted by atomic mass is 9.97. The molecule has 0 spiro atoms. The Morgan fingerprint density at radius 2 is 1.91 bits per heavy atom. The standard InChI is InChI=1S/C17H25N3O3/c1-12(21)19-16(13-4-2-3-5-13)17(22)20-14-6-8-15(9-7-14)23-11-10-18/h6-9,13,16H,2-5,10-11,18H2,1H3,(H,19,21)(H,20,22). The van der Waals surface area contributed by atoms with Crippen molar-refractivity contribution in [3.63, 3.8) is 0 Å². The summed E-state index contributed by atoms with van der Waals surface area (Å²) in [5.41, 5.74) is 6.07. The number of rotatable bonds is 7. The summed E-state index contributed by atoms with van der Waals surface area (Å²) in [6.45, 7) is 2.36. The largest absolute Gasteiger partial charge is 0.492 e. The summed E-state index contributed by atoms with van der Waals surface area (Å²) < 4.78 is 5.40. The SMILES string of the molecule is CC(=O)NC(C(=O)Nc1ccc(OCCN)cc1)C1CCCC1. The van der Waals surface area contributed by atoms with Crippen molar-refractivity contribution in [2.75, 3.05) is 18.5 Å². The van der Waals surface area contributed by atoms with Crippen LogP contribution in [0.5, 0.6) is 5.75 Å². The highest BCUT2D eigenvalue weighted by molar-refractivity contribution is 5.97. The van der Waals surface area contributed by atoms with Crippen LogP contribution in [-0.2, 0) is 9.59 Å². The van der Waals surface area contributed by atoms with Crippen molar-refractivity contribution in [2.45, 2.75) is 38.6 Å². The molecule has 0 aromatic heterocycles. The van der Waals surface area contributed by atoms with Crippen LogP contribution >= 0.6 is 0 Å². The molecule has 1 aliphatic rings. The second-order valence-corrected chi connectivity index (χ2v) is 5.87. The quantitative estimate of drug-likeness (QED) is 0.712. The van der Waals surface area contributed by atoms with Crippen LogP contribution in [0.1, 0.15) is 32.6 Å². The van der Waals surface area contributed by atoms with Crippen molar-refractivity contribution in [1.29, 1.82) is 0 Å². The summed E-state index contributed by atoms with van der Waals surface area (Å²) in [6.07, 6.45) is 4.18. The van der Waals surface area contributed by atoms with Crippen LogP contribution in [0, 0.1) is 5.92 Å². The van der Waals surface area contributed by atoms with Crippen LogP contribution < -0.4 is 21.1 Å². The molecule has 23 heavy (non-hydrogen) atoms. The van der Waals surface area contributed by atoms with Gasteiger partial charge in [0.25, 0.3) is 0 Å². The molecule has 2 amide bonds. The van der Waals surface area contributed by atoms with Crippen molar-refractivity contribution in [3.8, 4) is 5.75 Å². The van der Waals surface area contributed by atoms with E-state index in [0.717, 1.165) is 25.7 Å². The van der Waals surface area contributed by atoms with Crippen LogP contribution in [0.2, 0.25) is 0 Å². The zero-order valence-electron chi connectivity index (χ0n) is 13.5. The van der Waals surface area contributed by atoms with E-state index in [2.05, 4.69) is 10.6 Å². The molecular formula is C17H25N3O3. The van der Waals surface area contributed by atoms with Gasteiger partial charge in [0.1, 0.15) is 18.4 Å². The molecule has 0 aliphatic heterocycles. The minimum Gasteiger partial charge on any atom is -0.492 e. The van der Waals surface area contributed by atoms with Crippen LogP contribution in [0.15, 0.2) is 24.3 Å². The predicted octanol–water partition coefficient (Wildman–Crippen LogP) is 1.66.